The maximum absolute atomic E-state index is 12.6. The highest BCUT2D eigenvalue weighted by Crippen LogP contribution is 2.04. The summed E-state index contributed by atoms with van der Waals surface area (Å²) in [6, 6.07) is 5.76. The van der Waals surface area contributed by atoms with E-state index in [-0.39, 0.29) is 5.82 Å². The van der Waals surface area contributed by atoms with Gasteiger partial charge in [-0.1, -0.05) is 12.1 Å². The number of rotatable bonds is 2. The summed E-state index contributed by atoms with van der Waals surface area (Å²) >= 11 is 0. The molecule has 0 aliphatic heterocycles. The first-order valence-corrected chi connectivity index (χ1v) is 3.60. The molecule has 0 spiro atoms. The van der Waals surface area contributed by atoms with Crippen LogP contribution in [0.15, 0.2) is 30.3 Å². The summed E-state index contributed by atoms with van der Waals surface area (Å²) in [6.07, 6.45) is 2.50. The first-order valence-electron chi connectivity index (χ1n) is 3.60. The molecular formula is C9H8FNO2. The predicted molar refractivity (Wildman–Crippen MR) is 45.4 cm³/mol. The third kappa shape index (κ3) is 3.04. The van der Waals surface area contributed by atoms with Crippen molar-refractivity contribution in [2.45, 2.75) is 0 Å². The molecule has 4 heteroatoms. The molecule has 1 aromatic carbocycles. The Hall–Kier alpha value is -1.68. The lowest BCUT2D eigenvalue weighted by Gasteiger charge is -1.92. The molecule has 0 aromatic heterocycles. The highest BCUT2D eigenvalue weighted by Gasteiger charge is 1.92. The lowest BCUT2D eigenvalue weighted by Crippen LogP contribution is -2.14. The zero-order chi connectivity index (χ0) is 9.68. The highest BCUT2D eigenvalue weighted by molar-refractivity contribution is 5.90. The van der Waals surface area contributed by atoms with E-state index in [0.717, 1.165) is 6.08 Å². The fourth-order valence-electron chi connectivity index (χ4n) is 0.819. The van der Waals surface area contributed by atoms with Gasteiger partial charge in [-0.3, -0.25) is 10.0 Å². The Balaban J connectivity index is 2.74. The van der Waals surface area contributed by atoms with Gasteiger partial charge in [0.1, 0.15) is 5.82 Å². The quantitative estimate of drug-likeness (QED) is 0.411. The minimum absolute atomic E-state index is 0.369. The van der Waals surface area contributed by atoms with Crippen molar-refractivity contribution in [1.29, 1.82) is 0 Å². The van der Waals surface area contributed by atoms with E-state index >= 15 is 0 Å². The van der Waals surface area contributed by atoms with E-state index in [0.29, 0.717) is 5.56 Å². The topological polar surface area (TPSA) is 49.3 Å². The van der Waals surface area contributed by atoms with Crippen LogP contribution in [0, 0.1) is 5.82 Å². The van der Waals surface area contributed by atoms with Gasteiger partial charge in [-0.25, -0.2) is 9.87 Å². The van der Waals surface area contributed by atoms with E-state index in [4.69, 9.17) is 5.21 Å². The average Bonchev–Trinajstić information content (AvgIpc) is 2.14. The zero-order valence-electron chi connectivity index (χ0n) is 6.70. The van der Waals surface area contributed by atoms with Gasteiger partial charge in [0.15, 0.2) is 0 Å². The number of amides is 1. The molecule has 1 rings (SSSR count). The van der Waals surface area contributed by atoms with Crippen LogP contribution in [0.1, 0.15) is 5.56 Å². The van der Waals surface area contributed by atoms with Crippen LogP contribution in [0.2, 0.25) is 0 Å². The molecule has 2 N–H and O–H groups in total. The monoisotopic (exact) mass is 181 g/mol. The lowest BCUT2D eigenvalue weighted by atomic mass is 10.2. The van der Waals surface area contributed by atoms with E-state index < -0.39 is 5.91 Å². The fraction of sp³-hybridized carbons (Fsp3) is 0. The van der Waals surface area contributed by atoms with Crippen LogP contribution in [0.3, 0.4) is 0 Å². The minimum atomic E-state index is -0.649. The fourth-order valence-corrected chi connectivity index (χ4v) is 0.819. The van der Waals surface area contributed by atoms with Crippen molar-refractivity contribution in [2.24, 2.45) is 0 Å². The first-order chi connectivity index (χ1) is 6.22. The minimum Gasteiger partial charge on any atom is -0.288 e. The number of hydrogen-bond acceptors (Lipinski definition) is 2. The Labute approximate surface area is 74.5 Å². The molecule has 13 heavy (non-hydrogen) atoms. The Bertz CT molecular complexity index is 336. The average molecular weight is 181 g/mol. The second-order valence-corrected chi connectivity index (χ2v) is 2.36. The Morgan fingerprint density at radius 3 is 2.92 bits per heavy atom. The molecule has 0 bridgehead atoms. The van der Waals surface area contributed by atoms with Gasteiger partial charge in [0.05, 0.1) is 0 Å². The van der Waals surface area contributed by atoms with Crippen LogP contribution in [-0.2, 0) is 4.79 Å². The van der Waals surface area contributed by atoms with E-state index in [1.54, 1.807) is 6.07 Å². The van der Waals surface area contributed by atoms with Crippen LogP contribution >= 0.6 is 0 Å². The van der Waals surface area contributed by atoms with Crippen molar-refractivity contribution in [3.8, 4) is 0 Å². The molecule has 0 fully saturated rings. The number of nitrogens with one attached hydrogen (secondary N) is 1. The number of benzene rings is 1. The largest absolute Gasteiger partial charge is 0.288 e. The van der Waals surface area contributed by atoms with Crippen molar-refractivity contribution in [1.82, 2.24) is 5.48 Å². The van der Waals surface area contributed by atoms with Crippen LogP contribution in [-0.4, -0.2) is 11.1 Å². The summed E-state index contributed by atoms with van der Waals surface area (Å²) in [6.45, 7) is 0. The molecule has 0 heterocycles. The van der Waals surface area contributed by atoms with Crippen LogP contribution < -0.4 is 5.48 Å². The van der Waals surface area contributed by atoms with E-state index in [9.17, 15) is 9.18 Å². The zero-order valence-corrected chi connectivity index (χ0v) is 6.70. The van der Waals surface area contributed by atoms with Crippen molar-refractivity contribution < 1.29 is 14.4 Å². The Morgan fingerprint density at radius 1 is 1.54 bits per heavy atom. The van der Waals surface area contributed by atoms with E-state index in [1.807, 2.05) is 0 Å². The standard InChI is InChI=1S/C9H8FNO2/c10-8-3-1-2-7(6-8)4-5-9(12)11-13/h1-6,13H,(H,11,12)/b5-4+. The van der Waals surface area contributed by atoms with Gasteiger partial charge in [0, 0.05) is 6.08 Å². The summed E-state index contributed by atoms with van der Waals surface area (Å²) in [7, 11) is 0. The molecule has 0 atom stereocenters. The number of carbonyl (C=O) groups is 1. The molecule has 1 amide bonds. The van der Waals surface area contributed by atoms with Gasteiger partial charge in [-0.15, -0.1) is 0 Å². The van der Waals surface area contributed by atoms with Gasteiger partial charge in [-0.05, 0) is 23.8 Å². The second kappa shape index (κ2) is 4.37. The third-order valence-corrected chi connectivity index (χ3v) is 1.39. The molecule has 0 radical (unpaired) electrons. The smallest absolute Gasteiger partial charge is 0.267 e. The van der Waals surface area contributed by atoms with Gasteiger partial charge < -0.3 is 0 Å². The molecule has 3 nitrogen and oxygen atoms in total. The van der Waals surface area contributed by atoms with E-state index in [2.05, 4.69) is 0 Å². The van der Waals surface area contributed by atoms with Crippen molar-refractivity contribution in [3.05, 3.63) is 41.7 Å². The van der Waals surface area contributed by atoms with Gasteiger partial charge in [0.25, 0.3) is 5.91 Å². The summed E-state index contributed by atoms with van der Waals surface area (Å²) in [5.74, 6) is -1.02. The maximum atomic E-state index is 12.6. The van der Waals surface area contributed by atoms with Gasteiger partial charge in [-0.2, -0.15) is 0 Å². The molecule has 0 unspecified atom stereocenters. The number of halogens is 1. The lowest BCUT2D eigenvalue weighted by molar-refractivity contribution is -0.124. The Morgan fingerprint density at radius 2 is 2.31 bits per heavy atom. The molecule has 1 aromatic rings. The third-order valence-electron chi connectivity index (χ3n) is 1.39. The van der Waals surface area contributed by atoms with Gasteiger partial charge >= 0.3 is 0 Å². The summed E-state index contributed by atoms with van der Waals surface area (Å²) < 4.78 is 12.6. The predicted octanol–water partition coefficient (Wildman–Crippen LogP) is 1.34. The molecule has 0 aliphatic carbocycles. The normalized spacial score (nSPS) is 10.3. The SMILES string of the molecule is O=C(/C=C/c1cccc(F)c1)NO. The van der Waals surface area contributed by atoms with Crippen molar-refractivity contribution in [3.63, 3.8) is 0 Å². The number of carbonyl (C=O) groups excluding carboxylic acids is 1. The summed E-state index contributed by atoms with van der Waals surface area (Å²) in [5, 5.41) is 8.14. The van der Waals surface area contributed by atoms with Crippen molar-refractivity contribution in [2.75, 3.05) is 0 Å². The van der Waals surface area contributed by atoms with Crippen LogP contribution in [0.25, 0.3) is 6.08 Å². The number of hydrogen-bond donors (Lipinski definition) is 2. The molecule has 0 saturated heterocycles. The molecule has 0 aliphatic rings. The molecular weight excluding hydrogens is 173 g/mol. The van der Waals surface area contributed by atoms with Crippen LogP contribution in [0.5, 0.6) is 0 Å². The first kappa shape index (κ1) is 9.41. The summed E-state index contributed by atoms with van der Waals surface area (Å²) in [5.41, 5.74) is 1.99. The summed E-state index contributed by atoms with van der Waals surface area (Å²) in [4.78, 5) is 10.5. The molecule has 68 valence electrons. The maximum Gasteiger partial charge on any atom is 0.267 e. The second-order valence-electron chi connectivity index (χ2n) is 2.36. The number of hydroxylamine groups is 1. The molecule has 0 saturated carbocycles. The Kier molecular flexibility index (Phi) is 3.16. The highest BCUT2D eigenvalue weighted by atomic mass is 19.1. The van der Waals surface area contributed by atoms with Gasteiger partial charge in [0.2, 0.25) is 0 Å². The van der Waals surface area contributed by atoms with Crippen LogP contribution in [0.4, 0.5) is 4.39 Å². The van der Waals surface area contributed by atoms with E-state index in [1.165, 1.54) is 29.8 Å². The van der Waals surface area contributed by atoms with Crippen molar-refractivity contribution >= 4 is 12.0 Å².